The summed E-state index contributed by atoms with van der Waals surface area (Å²) in [6.45, 7) is 2.08. The van der Waals surface area contributed by atoms with Crippen LogP contribution in [0.25, 0.3) is 27.6 Å². The summed E-state index contributed by atoms with van der Waals surface area (Å²) < 4.78 is 2.92. The van der Waals surface area contributed by atoms with Gasteiger partial charge in [0.05, 0.1) is 16.4 Å². The molecule has 0 amide bonds. The summed E-state index contributed by atoms with van der Waals surface area (Å²) >= 11 is 17.9. The van der Waals surface area contributed by atoms with Crippen LogP contribution in [0.3, 0.4) is 0 Å². The second-order valence-corrected chi connectivity index (χ2v) is 10.5. The van der Waals surface area contributed by atoms with Gasteiger partial charge in [-0.1, -0.05) is 75.4 Å². The van der Waals surface area contributed by atoms with Gasteiger partial charge in [-0.25, -0.2) is 4.68 Å². The number of rotatable bonds is 4. The Hall–Kier alpha value is -1.73. The van der Waals surface area contributed by atoms with Crippen LogP contribution >= 0.6 is 50.5 Å². The molecule has 0 atom stereocenters. The third-order valence-corrected chi connectivity index (χ3v) is 7.88. The third kappa shape index (κ3) is 4.07. The van der Waals surface area contributed by atoms with Crippen molar-refractivity contribution in [3.8, 4) is 27.6 Å². The smallest absolute Gasteiger partial charge is 0.168 e. The van der Waals surface area contributed by atoms with Crippen molar-refractivity contribution in [1.82, 2.24) is 20.0 Å². The molecule has 0 aliphatic heterocycles. The van der Waals surface area contributed by atoms with Crippen molar-refractivity contribution in [2.45, 2.75) is 38.5 Å². The molecule has 1 aliphatic rings. The summed E-state index contributed by atoms with van der Waals surface area (Å²) in [7, 11) is 0. The molecule has 2 aromatic carbocycles. The Balaban J connectivity index is 1.67. The lowest BCUT2D eigenvalue weighted by Gasteiger charge is -2.11. The highest BCUT2D eigenvalue weighted by Gasteiger charge is 2.25. The Morgan fingerprint density at radius 1 is 1.03 bits per heavy atom. The maximum atomic E-state index is 6.57. The second kappa shape index (κ2) is 8.66. The summed E-state index contributed by atoms with van der Waals surface area (Å²) in [6, 6.07) is 13.7. The van der Waals surface area contributed by atoms with E-state index in [1.54, 1.807) is 17.4 Å². The summed E-state index contributed by atoms with van der Waals surface area (Å²) in [5.74, 6) is 0.533. The van der Waals surface area contributed by atoms with E-state index in [0.717, 1.165) is 42.7 Å². The molecule has 5 rings (SSSR count). The van der Waals surface area contributed by atoms with Crippen LogP contribution in [0.4, 0.5) is 0 Å². The first-order valence-corrected chi connectivity index (χ1v) is 12.5. The second-order valence-electron chi connectivity index (χ2n) is 7.76. The van der Waals surface area contributed by atoms with Crippen LogP contribution in [0, 0.1) is 6.92 Å². The van der Waals surface area contributed by atoms with E-state index in [4.69, 9.17) is 28.3 Å². The van der Waals surface area contributed by atoms with Crippen molar-refractivity contribution >= 4 is 50.5 Å². The van der Waals surface area contributed by atoms with Crippen LogP contribution in [0.5, 0.6) is 0 Å². The van der Waals surface area contributed by atoms with Gasteiger partial charge in [0.15, 0.2) is 5.01 Å². The van der Waals surface area contributed by atoms with Crippen molar-refractivity contribution in [3.63, 3.8) is 0 Å². The van der Waals surface area contributed by atoms with Gasteiger partial charge in [0.2, 0.25) is 0 Å². The van der Waals surface area contributed by atoms with Gasteiger partial charge >= 0.3 is 0 Å². The van der Waals surface area contributed by atoms with Gasteiger partial charge in [-0.15, -0.1) is 10.2 Å². The summed E-state index contributed by atoms with van der Waals surface area (Å²) in [6.07, 6.45) is 4.95. The van der Waals surface area contributed by atoms with Gasteiger partial charge < -0.3 is 0 Å². The van der Waals surface area contributed by atoms with Gasteiger partial charge in [-0.05, 0) is 50.1 Å². The number of hydrogen-bond acceptors (Lipinski definition) is 4. The molecule has 0 radical (unpaired) electrons. The molecule has 0 N–H and O–H groups in total. The highest BCUT2D eigenvalue weighted by atomic mass is 79.9. The van der Waals surface area contributed by atoms with Crippen molar-refractivity contribution in [3.05, 3.63) is 67.6 Å². The normalized spacial score (nSPS) is 14.5. The largest absolute Gasteiger partial charge is 0.231 e. The van der Waals surface area contributed by atoms with E-state index in [1.165, 1.54) is 25.7 Å². The first-order valence-electron chi connectivity index (χ1n) is 10.2. The zero-order chi connectivity index (χ0) is 21.5. The molecule has 31 heavy (non-hydrogen) atoms. The monoisotopic (exact) mass is 532 g/mol. The van der Waals surface area contributed by atoms with Gasteiger partial charge in [-0.2, -0.15) is 5.10 Å². The SMILES string of the molecule is Cc1c(-c2nnc(C3CCCC3)s2)nn(-c2ccc(Cl)cc2Cl)c1-c1ccc(Br)cc1. The van der Waals surface area contributed by atoms with Gasteiger partial charge in [0.25, 0.3) is 0 Å². The Morgan fingerprint density at radius 2 is 1.77 bits per heavy atom. The predicted molar refractivity (Wildman–Crippen MR) is 132 cm³/mol. The van der Waals surface area contributed by atoms with Crippen molar-refractivity contribution in [2.24, 2.45) is 0 Å². The topological polar surface area (TPSA) is 43.6 Å². The minimum absolute atomic E-state index is 0.533. The fourth-order valence-corrected chi connectivity index (χ4v) is 5.95. The van der Waals surface area contributed by atoms with E-state index in [1.807, 2.05) is 28.9 Å². The zero-order valence-electron chi connectivity index (χ0n) is 16.8. The zero-order valence-corrected chi connectivity index (χ0v) is 20.7. The Labute approximate surface area is 203 Å². The van der Waals surface area contributed by atoms with E-state index in [-0.39, 0.29) is 0 Å². The molecule has 1 saturated carbocycles. The minimum atomic E-state index is 0.533. The molecular weight excluding hydrogens is 515 g/mol. The molecule has 0 spiro atoms. The average Bonchev–Trinajstić information content (AvgIpc) is 3.48. The molecule has 2 heterocycles. The average molecular weight is 534 g/mol. The van der Waals surface area contributed by atoms with E-state index in [2.05, 4.69) is 45.2 Å². The number of benzene rings is 2. The highest BCUT2D eigenvalue weighted by molar-refractivity contribution is 9.10. The number of hydrogen-bond donors (Lipinski definition) is 0. The summed E-state index contributed by atoms with van der Waals surface area (Å²) in [5, 5.41) is 17.1. The highest BCUT2D eigenvalue weighted by Crippen LogP contribution is 2.40. The van der Waals surface area contributed by atoms with E-state index >= 15 is 0 Å². The number of nitrogens with zero attached hydrogens (tertiary/aromatic N) is 4. The molecule has 4 aromatic rings. The molecule has 0 unspecified atom stereocenters. The van der Waals surface area contributed by atoms with Crippen LogP contribution < -0.4 is 0 Å². The van der Waals surface area contributed by atoms with E-state index in [0.29, 0.717) is 16.0 Å². The molecule has 8 heteroatoms. The first kappa shape index (κ1) is 21.1. The van der Waals surface area contributed by atoms with Crippen molar-refractivity contribution in [2.75, 3.05) is 0 Å². The van der Waals surface area contributed by atoms with Gasteiger partial charge in [-0.3, -0.25) is 0 Å². The quantitative estimate of drug-likeness (QED) is 0.266. The third-order valence-electron chi connectivity index (χ3n) is 5.73. The molecule has 158 valence electrons. The van der Waals surface area contributed by atoms with Crippen molar-refractivity contribution in [1.29, 1.82) is 0 Å². The maximum absolute atomic E-state index is 6.57. The van der Waals surface area contributed by atoms with Crippen LogP contribution in [0.1, 0.15) is 42.2 Å². The molecule has 4 nitrogen and oxygen atoms in total. The summed E-state index contributed by atoms with van der Waals surface area (Å²) in [4.78, 5) is 0. The minimum Gasteiger partial charge on any atom is -0.231 e. The van der Waals surface area contributed by atoms with Gasteiger partial charge in [0, 0.05) is 26.5 Å². The predicted octanol–water partition coefficient (Wildman–Crippen LogP) is 8.09. The van der Waals surface area contributed by atoms with Crippen LogP contribution in [-0.2, 0) is 0 Å². The molecular formula is C23H19BrCl2N4S. The fraction of sp³-hybridized carbons (Fsp3) is 0.261. The van der Waals surface area contributed by atoms with Gasteiger partial charge in [0.1, 0.15) is 10.7 Å². The Kier molecular flexibility index (Phi) is 5.90. The lowest BCUT2D eigenvalue weighted by molar-refractivity contribution is 0.705. The molecule has 0 bridgehead atoms. The first-order chi connectivity index (χ1) is 15.0. The lowest BCUT2D eigenvalue weighted by atomic mass is 10.1. The van der Waals surface area contributed by atoms with E-state index in [9.17, 15) is 0 Å². The van der Waals surface area contributed by atoms with Crippen LogP contribution in [-0.4, -0.2) is 20.0 Å². The van der Waals surface area contributed by atoms with E-state index < -0.39 is 0 Å². The summed E-state index contributed by atoms with van der Waals surface area (Å²) in [5.41, 5.74) is 4.68. The molecule has 0 saturated heterocycles. The molecule has 1 fully saturated rings. The lowest BCUT2D eigenvalue weighted by Crippen LogP contribution is -2.00. The molecule has 1 aliphatic carbocycles. The molecule has 2 aromatic heterocycles. The number of halogens is 3. The van der Waals surface area contributed by atoms with Crippen LogP contribution in [0.15, 0.2) is 46.9 Å². The maximum Gasteiger partial charge on any atom is 0.168 e. The Morgan fingerprint density at radius 3 is 2.48 bits per heavy atom. The van der Waals surface area contributed by atoms with Crippen LogP contribution in [0.2, 0.25) is 10.0 Å². The fourth-order valence-electron chi connectivity index (χ4n) is 4.14. The Bertz CT molecular complexity index is 1240. The number of aromatic nitrogens is 4. The van der Waals surface area contributed by atoms with Crippen molar-refractivity contribution < 1.29 is 0 Å². The standard InChI is InChI=1S/C23H19BrCl2N4S/c1-13-20(23-28-27-22(31-23)15-4-2-3-5-15)29-30(19-11-10-17(25)12-18(19)26)21(13)14-6-8-16(24)9-7-14/h6-12,15H,2-5H2,1H3.